The summed E-state index contributed by atoms with van der Waals surface area (Å²) < 4.78 is 40.1. The molecule has 210 valence electrons. The highest BCUT2D eigenvalue weighted by Crippen LogP contribution is 2.35. The van der Waals surface area contributed by atoms with Crippen molar-refractivity contribution in [2.75, 3.05) is 31.2 Å². The summed E-state index contributed by atoms with van der Waals surface area (Å²) in [6, 6.07) is 31.8. The third kappa shape index (κ3) is 4.87. The summed E-state index contributed by atoms with van der Waals surface area (Å²) in [7, 11) is -3.79. The molecule has 2 aromatic heterocycles. The standard InChI is InChI=1S/C33H28N4O4S/c38-42(39,27-12-5-2-6-13-27)37-17-16-28-30(37)15-14-29-31(28)34-32(35-33(29)36-18-20-40-21-19-36)25-10-7-11-26(22-25)41-23-24-8-3-1-4-9-24/h1-17,22H,18-21,23H2. The third-order valence-electron chi connectivity index (χ3n) is 7.43. The predicted octanol–water partition coefficient (Wildman–Crippen LogP) is 5.90. The molecular formula is C33H28N4O4S. The first-order valence-electron chi connectivity index (χ1n) is 13.8. The Bertz CT molecular complexity index is 1990. The first-order valence-corrected chi connectivity index (χ1v) is 15.2. The molecule has 0 unspecified atom stereocenters. The second-order valence-corrected chi connectivity index (χ2v) is 11.9. The summed E-state index contributed by atoms with van der Waals surface area (Å²) in [6.45, 7) is 3.07. The molecule has 7 rings (SSSR count). The number of hydrogen-bond donors (Lipinski definition) is 0. The molecule has 3 heterocycles. The Labute approximate surface area is 243 Å². The topological polar surface area (TPSA) is 86.5 Å². The number of aromatic nitrogens is 3. The van der Waals surface area contributed by atoms with Gasteiger partial charge >= 0.3 is 0 Å². The molecule has 6 aromatic rings. The van der Waals surface area contributed by atoms with E-state index in [1.54, 1.807) is 36.5 Å². The van der Waals surface area contributed by atoms with Gasteiger partial charge in [-0.2, -0.15) is 0 Å². The molecule has 4 aromatic carbocycles. The van der Waals surface area contributed by atoms with Crippen LogP contribution in [0.15, 0.2) is 114 Å². The number of nitrogens with zero attached hydrogens (tertiary/aromatic N) is 4. The van der Waals surface area contributed by atoms with Gasteiger partial charge in [0.15, 0.2) is 5.82 Å². The van der Waals surface area contributed by atoms with Gasteiger partial charge in [-0.3, -0.25) is 0 Å². The van der Waals surface area contributed by atoms with Crippen LogP contribution >= 0.6 is 0 Å². The highest BCUT2D eigenvalue weighted by Gasteiger charge is 2.23. The fraction of sp³-hybridized carbons (Fsp3) is 0.152. The van der Waals surface area contributed by atoms with E-state index >= 15 is 0 Å². The zero-order valence-electron chi connectivity index (χ0n) is 22.8. The van der Waals surface area contributed by atoms with E-state index in [-0.39, 0.29) is 4.90 Å². The van der Waals surface area contributed by atoms with Gasteiger partial charge < -0.3 is 14.4 Å². The van der Waals surface area contributed by atoms with Gasteiger partial charge in [0.05, 0.1) is 29.1 Å². The van der Waals surface area contributed by atoms with Gasteiger partial charge in [0, 0.05) is 35.6 Å². The maximum Gasteiger partial charge on any atom is 0.268 e. The van der Waals surface area contributed by atoms with E-state index in [1.807, 2.05) is 72.8 Å². The Hall–Kier alpha value is -4.73. The van der Waals surface area contributed by atoms with E-state index in [4.69, 9.17) is 19.4 Å². The molecule has 0 bridgehead atoms. The molecule has 9 heteroatoms. The van der Waals surface area contributed by atoms with Gasteiger partial charge in [0.2, 0.25) is 0 Å². The number of ether oxygens (including phenoxy) is 2. The highest BCUT2D eigenvalue weighted by atomic mass is 32.2. The molecule has 1 aliphatic heterocycles. The number of benzene rings is 4. The van der Waals surface area contributed by atoms with Gasteiger partial charge in [-0.1, -0.05) is 60.7 Å². The fourth-order valence-electron chi connectivity index (χ4n) is 5.30. The molecule has 1 fully saturated rings. The van der Waals surface area contributed by atoms with E-state index in [9.17, 15) is 8.42 Å². The van der Waals surface area contributed by atoms with Crippen molar-refractivity contribution >= 4 is 37.6 Å². The Kier molecular flexibility index (Phi) is 6.81. The SMILES string of the molecule is O=S(=O)(c1ccccc1)n1ccc2c3nc(-c4cccc(OCc5ccccc5)c4)nc(N4CCOCC4)c3ccc21. The van der Waals surface area contributed by atoms with Crippen LogP contribution in [-0.2, 0) is 21.4 Å². The number of morpholine rings is 1. The van der Waals surface area contributed by atoms with Crippen LogP contribution in [0.4, 0.5) is 5.82 Å². The second-order valence-electron chi connectivity index (χ2n) is 10.1. The van der Waals surface area contributed by atoms with Crippen molar-refractivity contribution in [2.45, 2.75) is 11.5 Å². The molecule has 8 nitrogen and oxygen atoms in total. The summed E-state index contributed by atoms with van der Waals surface area (Å²) in [5.41, 5.74) is 3.14. The lowest BCUT2D eigenvalue weighted by atomic mass is 10.1. The van der Waals surface area contributed by atoms with Crippen molar-refractivity contribution in [3.8, 4) is 17.1 Å². The zero-order valence-corrected chi connectivity index (χ0v) is 23.6. The largest absolute Gasteiger partial charge is 0.489 e. The third-order valence-corrected chi connectivity index (χ3v) is 9.13. The molecule has 0 radical (unpaired) electrons. The van der Waals surface area contributed by atoms with Crippen LogP contribution in [0.25, 0.3) is 33.2 Å². The van der Waals surface area contributed by atoms with E-state index < -0.39 is 10.0 Å². The summed E-state index contributed by atoms with van der Waals surface area (Å²) in [6.07, 6.45) is 1.60. The van der Waals surface area contributed by atoms with Crippen LogP contribution in [0.5, 0.6) is 5.75 Å². The zero-order chi connectivity index (χ0) is 28.5. The van der Waals surface area contributed by atoms with Crippen molar-refractivity contribution in [3.63, 3.8) is 0 Å². The van der Waals surface area contributed by atoms with Crippen molar-refractivity contribution in [1.82, 2.24) is 13.9 Å². The van der Waals surface area contributed by atoms with Crippen LogP contribution in [0.1, 0.15) is 5.56 Å². The Morgan fingerprint density at radius 2 is 1.55 bits per heavy atom. The van der Waals surface area contributed by atoms with Crippen LogP contribution in [-0.4, -0.2) is 48.7 Å². The summed E-state index contributed by atoms with van der Waals surface area (Å²) >= 11 is 0. The van der Waals surface area contributed by atoms with Gasteiger partial charge in [0.25, 0.3) is 10.0 Å². The Balaban J connectivity index is 1.35. The second kappa shape index (κ2) is 10.9. The van der Waals surface area contributed by atoms with Crippen molar-refractivity contribution in [1.29, 1.82) is 0 Å². The minimum absolute atomic E-state index is 0.229. The number of rotatable bonds is 7. The van der Waals surface area contributed by atoms with Crippen LogP contribution < -0.4 is 9.64 Å². The molecule has 0 spiro atoms. The van der Waals surface area contributed by atoms with Gasteiger partial charge in [-0.15, -0.1) is 0 Å². The molecule has 42 heavy (non-hydrogen) atoms. The average molecular weight is 577 g/mol. The maximum atomic E-state index is 13.5. The first kappa shape index (κ1) is 26.2. The van der Waals surface area contributed by atoms with Crippen LogP contribution in [0.3, 0.4) is 0 Å². The fourth-order valence-corrected chi connectivity index (χ4v) is 6.66. The molecule has 1 saturated heterocycles. The maximum absolute atomic E-state index is 13.5. The molecule has 0 atom stereocenters. The number of fused-ring (bicyclic) bond motifs is 3. The van der Waals surface area contributed by atoms with E-state index in [2.05, 4.69) is 4.90 Å². The monoisotopic (exact) mass is 576 g/mol. The van der Waals surface area contributed by atoms with Gasteiger partial charge in [0.1, 0.15) is 18.2 Å². The lowest BCUT2D eigenvalue weighted by Crippen LogP contribution is -2.37. The van der Waals surface area contributed by atoms with Crippen molar-refractivity contribution in [2.24, 2.45) is 0 Å². The Morgan fingerprint density at radius 3 is 2.33 bits per heavy atom. The smallest absolute Gasteiger partial charge is 0.268 e. The molecular weight excluding hydrogens is 548 g/mol. The lowest BCUT2D eigenvalue weighted by molar-refractivity contribution is 0.122. The normalized spacial score (nSPS) is 14.0. The van der Waals surface area contributed by atoms with Crippen molar-refractivity contribution in [3.05, 3.63) is 115 Å². The predicted molar refractivity (Wildman–Crippen MR) is 163 cm³/mol. The van der Waals surface area contributed by atoms with Gasteiger partial charge in [-0.05, 0) is 48.0 Å². The molecule has 0 saturated carbocycles. The Morgan fingerprint density at radius 1 is 0.786 bits per heavy atom. The summed E-state index contributed by atoms with van der Waals surface area (Å²) in [5.74, 6) is 2.06. The van der Waals surface area contributed by atoms with E-state index in [0.717, 1.165) is 27.7 Å². The molecule has 0 aliphatic carbocycles. The van der Waals surface area contributed by atoms with Crippen LogP contribution in [0, 0.1) is 0 Å². The van der Waals surface area contributed by atoms with Gasteiger partial charge in [-0.25, -0.2) is 22.4 Å². The van der Waals surface area contributed by atoms with E-state index in [1.165, 1.54) is 3.97 Å². The van der Waals surface area contributed by atoms with Crippen LogP contribution in [0.2, 0.25) is 0 Å². The van der Waals surface area contributed by atoms with Crippen molar-refractivity contribution < 1.29 is 17.9 Å². The number of anilines is 1. The average Bonchev–Trinajstić information content (AvgIpc) is 3.51. The molecule has 0 amide bonds. The minimum atomic E-state index is -3.79. The molecule has 1 aliphatic rings. The quantitative estimate of drug-likeness (QED) is 0.234. The summed E-state index contributed by atoms with van der Waals surface area (Å²) in [4.78, 5) is 12.5. The minimum Gasteiger partial charge on any atom is -0.489 e. The lowest BCUT2D eigenvalue weighted by Gasteiger charge is -2.29. The highest BCUT2D eigenvalue weighted by molar-refractivity contribution is 7.90. The summed E-state index contributed by atoms with van der Waals surface area (Å²) in [5, 5.41) is 1.60. The molecule has 0 N–H and O–H groups in total. The van der Waals surface area contributed by atoms with E-state index in [0.29, 0.717) is 55.5 Å². The first-order chi connectivity index (χ1) is 20.6. The number of hydrogen-bond acceptors (Lipinski definition) is 7.